The SMILES string of the molecule is O=Nc1c(O)n(Cc2csc(-c3ccc(Cl)cc3)n2)c2ccc(F)cc12. The molecule has 26 heavy (non-hydrogen) atoms. The van der Waals surface area contributed by atoms with E-state index in [0.29, 0.717) is 16.2 Å². The summed E-state index contributed by atoms with van der Waals surface area (Å²) < 4.78 is 15.0. The molecule has 0 atom stereocenters. The Labute approximate surface area is 156 Å². The zero-order valence-corrected chi connectivity index (χ0v) is 14.8. The maximum atomic E-state index is 13.5. The number of nitrogens with zero attached hydrogens (tertiary/aromatic N) is 3. The van der Waals surface area contributed by atoms with Gasteiger partial charge in [0.25, 0.3) is 0 Å². The molecule has 0 bridgehead atoms. The fourth-order valence-corrected chi connectivity index (χ4v) is 3.76. The number of benzene rings is 2. The van der Waals surface area contributed by atoms with Crippen molar-refractivity contribution in [2.24, 2.45) is 5.18 Å². The van der Waals surface area contributed by atoms with Crippen LogP contribution >= 0.6 is 22.9 Å². The molecule has 0 spiro atoms. The van der Waals surface area contributed by atoms with E-state index in [-0.39, 0.29) is 23.5 Å². The molecule has 2 aromatic heterocycles. The molecule has 0 saturated heterocycles. The molecule has 0 saturated carbocycles. The summed E-state index contributed by atoms with van der Waals surface area (Å²) in [6.07, 6.45) is 0. The summed E-state index contributed by atoms with van der Waals surface area (Å²) >= 11 is 7.36. The van der Waals surface area contributed by atoms with Crippen molar-refractivity contribution in [1.29, 1.82) is 0 Å². The largest absolute Gasteiger partial charge is 0.493 e. The van der Waals surface area contributed by atoms with Gasteiger partial charge in [-0.25, -0.2) is 9.37 Å². The molecule has 4 aromatic rings. The van der Waals surface area contributed by atoms with Crippen molar-refractivity contribution in [3.05, 3.63) is 69.3 Å². The van der Waals surface area contributed by atoms with Gasteiger partial charge in [-0.15, -0.1) is 16.2 Å². The van der Waals surface area contributed by atoms with Gasteiger partial charge in [0.05, 0.1) is 17.8 Å². The molecule has 0 aliphatic carbocycles. The van der Waals surface area contributed by atoms with Crippen molar-refractivity contribution in [3.8, 4) is 16.5 Å². The zero-order valence-electron chi connectivity index (χ0n) is 13.2. The Bertz CT molecular complexity index is 1120. The molecular formula is C18H11ClFN3O2S. The van der Waals surface area contributed by atoms with E-state index in [1.807, 2.05) is 17.5 Å². The zero-order chi connectivity index (χ0) is 18.3. The highest BCUT2D eigenvalue weighted by molar-refractivity contribution is 7.13. The predicted octanol–water partition coefficient (Wildman–Crippen LogP) is 5.71. The number of halogens is 2. The van der Waals surface area contributed by atoms with Gasteiger partial charge < -0.3 is 9.67 Å². The molecule has 4 rings (SSSR count). The standard InChI is InChI=1S/C18H11ClFN3O2S/c19-11-3-1-10(2-4-11)17-21-13(9-26-17)8-23-15-6-5-12(20)7-14(15)16(22-25)18(23)24/h1-7,9,24H,8H2. The Balaban J connectivity index is 1.73. The molecule has 5 nitrogen and oxygen atoms in total. The van der Waals surface area contributed by atoms with Crippen LogP contribution in [0.25, 0.3) is 21.5 Å². The summed E-state index contributed by atoms with van der Waals surface area (Å²) in [5.74, 6) is -0.806. The number of nitroso groups, excluding NO2 is 1. The summed E-state index contributed by atoms with van der Waals surface area (Å²) in [5, 5.41) is 16.8. The number of hydrogen-bond donors (Lipinski definition) is 1. The summed E-state index contributed by atoms with van der Waals surface area (Å²) in [6, 6.07) is 11.3. The summed E-state index contributed by atoms with van der Waals surface area (Å²) in [7, 11) is 0. The molecule has 2 heterocycles. The fourth-order valence-electron chi connectivity index (χ4n) is 2.81. The predicted molar refractivity (Wildman–Crippen MR) is 101 cm³/mol. The van der Waals surface area contributed by atoms with E-state index >= 15 is 0 Å². The number of hydrogen-bond acceptors (Lipinski definition) is 5. The van der Waals surface area contributed by atoms with Crippen LogP contribution in [0.3, 0.4) is 0 Å². The average molecular weight is 388 g/mol. The third-order valence-corrected chi connectivity index (χ3v) is 5.22. The van der Waals surface area contributed by atoms with E-state index in [1.54, 1.807) is 12.1 Å². The third kappa shape index (κ3) is 2.85. The minimum atomic E-state index is -0.502. The van der Waals surface area contributed by atoms with Gasteiger partial charge in [-0.3, -0.25) is 0 Å². The first-order valence-corrected chi connectivity index (χ1v) is 8.87. The van der Waals surface area contributed by atoms with Gasteiger partial charge in [-0.2, -0.15) is 0 Å². The van der Waals surface area contributed by atoms with Crippen LogP contribution in [-0.4, -0.2) is 14.7 Å². The van der Waals surface area contributed by atoms with Crippen molar-refractivity contribution in [3.63, 3.8) is 0 Å². The number of thiazole rings is 1. The van der Waals surface area contributed by atoms with Crippen molar-refractivity contribution >= 4 is 39.5 Å². The first-order valence-electron chi connectivity index (χ1n) is 7.61. The van der Waals surface area contributed by atoms with Crippen molar-refractivity contribution in [1.82, 2.24) is 9.55 Å². The lowest BCUT2D eigenvalue weighted by Gasteiger charge is -2.04. The van der Waals surface area contributed by atoms with E-state index in [4.69, 9.17) is 11.6 Å². The molecule has 130 valence electrons. The second-order valence-electron chi connectivity index (χ2n) is 5.66. The smallest absolute Gasteiger partial charge is 0.222 e. The quantitative estimate of drug-likeness (QED) is 0.456. The Morgan fingerprint density at radius 1 is 1.23 bits per heavy atom. The molecule has 0 unspecified atom stereocenters. The van der Waals surface area contributed by atoms with Crippen LogP contribution in [0.4, 0.5) is 10.1 Å². The lowest BCUT2D eigenvalue weighted by atomic mass is 10.2. The van der Waals surface area contributed by atoms with Crippen LogP contribution in [0.2, 0.25) is 5.02 Å². The maximum Gasteiger partial charge on any atom is 0.222 e. The number of aromatic nitrogens is 2. The summed E-state index contributed by atoms with van der Waals surface area (Å²) in [5.41, 5.74) is 1.98. The Kier molecular flexibility index (Phi) is 4.18. The van der Waals surface area contributed by atoms with Crippen molar-refractivity contribution < 1.29 is 9.50 Å². The Morgan fingerprint density at radius 2 is 2.00 bits per heavy atom. The summed E-state index contributed by atoms with van der Waals surface area (Å²) in [4.78, 5) is 15.6. The number of aromatic hydroxyl groups is 1. The second kappa shape index (κ2) is 6.51. The third-order valence-electron chi connectivity index (χ3n) is 4.03. The van der Waals surface area contributed by atoms with Gasteiger partial charge in [0.1, 0.15) is 10.8 Å². The highest BCUT2D eigenvalue weighted by Gasteiger charge is 2.19. The number of rotatable bonds is 4. The van der Waals surface area contributed by atoms with Crippen LogP contribution in [0, 0.1) is 10.7 Å². The Hall–Kier alpha value is -2.77. The van der Waals surface area contributed by atoms with Gasteiger partial charge in [0.15, 0.2) is 5.69 Å². The van der Waals surface area contributed by atoms with E-state index in [2.05, 4.69) is 10.2 Å². The molecule has 0 aliphatic heterocycles. The molecule has 8 heteroatoms. The van der Waals surface area contributed by atoms with Gasteiger partial charge in [-0.05, 0) is 35.5 Å². The van der Waals surface area contributed by atoms with E-state index in [0.717, 1.165) is 10.6 Å². The van der Waals surface area contributed by atoms with E-state index < -0.39 is 5.82 Å². The fraction of sp³-hybridized carbons (Fsp3) is 0.0556. The van der Waals surface area contributed by atoms with Crippen LogP contribution in [0.5, 0.6) is 5.88 Å². The maximum absolute atomic E-state index is 13.5. The van der Waals surface area contributed by atoms with Gasteiger partial charge in [0, 0.05) is 21.4 Å². The first kappa shape index (κ1) is 16.7. The molecule has 0 aliphatic rings. The minimum Gasteiger partial charge on any atom is -0.493 e. The van der Waals surface area contributed by atoms with Crippen LogP contribution in [0.1, 0.15) is 5.69 Å². The average Bonchev–Trinajstić information content (AvgIpc) is 3.19. The topological polar surface area (TPSA) is 67.5 Å². The molecule has 1 N–H and O–H groups in total. The lowest BCUT2D eigenvalue weighted by Crippen LogP contribution is -1.99. The van der Waals surface area contributed by atoms with Gasteiger partial charge >= 0.3 is 0 Å². The molecular weight excluding hydrogens is 377 g/mol. The highest BCUT2D eigenvalue weighted by Crippen LogP contribution is 2.39. The molecule has 0 radical (unpaired) electrons. The highest BCUT2D eigenvalue weighted by atomic mass is 35.5. The molecule has 2 aromatic carbocycles. The van der Waals surface area contributed by atoms with Crippen LogP contribution < -0.4 is 0 Å². The normalized spacial score (nSPS) is 11.2. The molecule has 0 amide bonds. The monoisotopic (exact) mass is 387 g/mol. The Morgan fingerprint density at radius 3 is 2.73 bits per heavy atom. The van der Waals surface area contributed by atoms with Crippen LogP contribution in [0.15, 0.2) is 53.0 Å². The van der Waals surface area contributed by atoms with E-state index in [1.165, 1.54) is 34.1 Å². The molecule has 0 fully saturated rings. The van der Waals surface area contributed by atoms with Gasteiger partial charge in [-0.1, -0.05) is 23.7 Å². The van der Waals surface area contributed by atoms with E-state index in [9.17, 15) is 14.4 Å². The lowest BCUT2D eigenvalue weighted by molar-refractivity contribution is 0.429. The summed E-state index contributed by atoms with van der Waals surface area (Å²) in [6.45, 7) is 0.230. The number of fused-ring (bicyclic) bond motifs is 1. The van der Waals surface area contributed by atoms with Crippen molar-refractivity contribution in [2.75, 3.05) is 0 Å². The minimum absolute atomic E-state index is 0.173. The first-order chi connectivity index (χ1) is 12.6. The van der Waals surface area contributed by atoms with Crippen LogP contribution in [-0.2, 0) is 6.54 Å². The van der Waals surface area contributed by atoms with Crippen molar-refractivity contribution in [2.45, 2.75) is 6.54 Å². The van der Waals surface area contributed by atoms with Gasteiger partial charge in [0.2, 0.25) is 5.88 Å². The second-order valence-corrected chi connectivity index (χ2v) is 6.96.